The summed E-state index contributed by atoms with van der Waals surface area (Å²) in [5.41, 5.74) is 3.14. The van der Waals surface area contributed by atoms with E-state index in [0.717, 1.165) is 22.0 Å². The van der Waals surface area contributed by atoms with Crippen molar-refractivity contribution in [2.24, 2.45) is 0 Å². The summed E-state index contributed by atoms with van der Waals surface area (Å²) in [4.78, 5) is 16.3. The van der Waals surface area contributed by atoms with Crippen LogP contribution in [0.1, 0.15) is 22.8 Å². The number of halogens is 1. The number of carboxylic acid groups (broad SMARTS) is 1. The van der Waals surface area contributed by atoms with Crippen LogP contribution >= 0.6 is 15.9 Å². The van der Waals surface area contributed by atoms with Crippen LogP contribution in [0.25, 0.3) is 33.7 Å². The van der Waals surface area contributed by atoms with Crippen molar-refractivity contribution in [3.05, 3.63) is 76.3 Å². The molecule has 0 amide bonds. The predicted molar refractivity (Wildman–Crippen MR) is 106 cm³/mol. The molecule has 4 nitrogen and oxygen atoms in total. The Morgan fingerprint density at radius 2 is 1.85 bits per heavy atom. The van der Waals surface area contributed by atoms with E-state index in [4.69, 9.17) is 4.42 Å². The van der Waals surface area contributed by atoms with Crippen molar-refractivity contribution in [3.63, 3.8) is 0 Å². The number of furan rings is 1. The molecule has 2 aromatic heterocycles. The molecule has 0 spiro atoms. The second-order valence-electron chi connectivity index (χ2n) is 6.19. The van der Waals surface area contributed by atoms with Gasteiger partial charge >= 0.3 is 0 Å². The van der Waals surface area contributed by atoms with Crippen LogP contribution in [0.2, 0.25) is 0 Å². The van der Waals surface area contributed by atoms with Gasteiger partial charge in [0.25, 0.3) is 0 Å². The van der Waals surface area contributed by atoms with Crippen molar-refractivity contribution in [2.75, 3.05) is 0 Å². The van der Waals surface area contributed by atoms with Crippen LogP contribution in [0.3, 0.4) is 0 Å². The lowest BCUT2D eigenvalue weighted by molar-refractivity contribution is -0.254. The molecule has 4 rings (SSSR count). The van der Waals surface area contributed by atoms with Crippen molar-refractivity contribution in [1.29, 1.82) is 0 Å². The largest absolute Gasteiger partial charge is 0.545 e. The first-order valence-electron chi connectivity index (χ1n) is 8.57. The molecule has 0 aliphatic carbocycles. The van der Waals surface area contributed by atoms with Crippen molar-refractivity contribution in [3.8, 4) is 22.8 Å². The number of hydrogen-bond acceptors (Lipinski definition) is 4. The zero-order valence-corrected chi connectivity index (χ0v) is 16.1. The lowest BCUT2D eigenvalue weighted by Crippen LogP contribution is -2.22. The molecule has 0 unspecified atom stereocenters. The highest BCUT2D eigenvalue weighted by molar-refractivity contribution is 9.10. The van der Waals surface area contributed by atoms with E-state index < -0.39 is 5.97 Å². The van der Waals surface area contributed by atoms with Crippen molar-refractivity contribution in [2.45, 2.75) is 13.3 Å². The minimum Gasteiger partial charge on any atom is -0.545 e. The maximum atomic E-state index is 11.7. The number of rotatable bonds is 4. The maximum absolute atomic E-state index is 11.7. The van der Waals surface area contributed by atoms with E-state index in [1.54, 1.807) is 6.07 Å². The van der Waals surface area contributed by atoms with Crippen LogP contribution in [-0.2, 0) is 6.42 Å². The Bertz CT molecular complexity index is 1160. The van der Waals surface area contributed by atoms with Crippen LogP contribution in [0.15, 0.2) is 69.6 Å². The fourth-order valence-corrected chi connectivity index (χ4v) is 3.55. The molecule has 27 heavy (non-hydrogen) atoms. The molecule has 0 saturated carbocycles. The second-order valence-corrected chi connectivity index (χ2v) is 7.05. The molecular formula is C22H15BrNO3-. The molecule has 5 heteroatoms. The van der Waals surface area contributed by atoms with E-state index in [1.165, 1.54) is 6.07 Å². The third-order valence-electron chi connectivity index (χ3n) is 4.50. The summed E-state index contributed by atoms with van der Waals surface area (Å²) in [5.74, 6) is -0.0464. The molecule has 2 aromatic carbocycles. The summed E-state index contributed by atoms with van der Waals surface area (Å²) in [6.07, 6.45) is 0.817. The zero-order chi connectivity index (χ0) is 19.0. The van der Waals surface area contributed by atoms with Gasteiger partial charge in [-0.05, 0) is 48.4 Å². The number of aromatic carboxylic acids is 1. The molecule has 0 aliphatic rings. The summed E-state index contributed by atoms with van der Waals surface area (Å²) in [6.45, 7) is 2.02. The summed E-state index contributed by atoms with van der Waals surface area (Å²) in [6, 6.07) is 18.5. The van der Waals surface area contributed by atoms with Gasteiger partial charge in [0.2, 0.25) is 0 Å². The van der Waals surface area contributed by atoms with Crippen molar-refractivity contribution >= 4 is 32.8 Å². The monoisotopic (exact) mass is 420 g/mol. The van der Waals surface area contributed by atoms with Gasteiger partial charge in [0, 0.05) is 21.0 Å². The molecule has 4 aromatic rings. The van der Waals surface area contributed by atoms with Crippen LogP contribution < -0.4 is 5.11 Å². The van der Waals surface area contributed by atoms with Gasteiger partial charge in [0.05, 0.1) is 11.5 Å². The first-order valence-corrected chi connectivity index (χ1v) is 9.36. The maximum Gasteiger partial charge on any atom is 0.153 e. The average Bonchev–Trinajstić information content (AvgIpc) is 3.16. The minimum absolute atomic E-state index is 0.115. The zero-order valence-electron chi connectivity index (χ0n) is 14.5. The van der Waals surface area contributed by atoms with E-state index in [1.807, 2.05) is 55.5 Å². The van der Waals surface area contributed by atoms with Crippen LogP contribution in [0, 0.1) is 0 Å². The van der Waals surface area contributed by atoms with E-state index in [9.17, 15) is 9.90 Å². The number of aromatic nitrogens is 1. The fourth-order valence-electron chi connectivity index (χ4n) is 3.07. The molecule has 134 valence electrons. The third kappa shape index (κ3) is 3.26. The SMILES string of the molecule is CCc1ccc2nc(-c3ccc(-c4ccccc4Br)o3)cc(C(=O)[O-])c2c1. The summed E-state index contributed by atoms with van der Waals surface area (Å²) in [5, 5.41) is 12.3. The molecule has 0 N–H and O–H groups in total. The van der Waals surface area contributed by atoms with Crippen molar-refractivity contribution in [1.82, 2.24) is 4.98 Å². The lowest BCUT2D eigenvalue weighted by Gasteiger charge is -2.10. The Balaban J connectivity index is 1.85. The number of carbonyl (C=O) groups excluding carboxylic acids is 1. The Kier molecular flexibility index (Phi) is 4.54. The standard InChI is InChI=1S/C22H16BrNO3/c1-2-13-7-8-18-15(11-13)16(22(25)26)12-19(24-18)21-10-9-20(27-21)14-5-3-4-6-17(14)23/h3-12H,2H2,1H3,(H,25,26)/p-1. The number of benzene rings is 2. The van der Waals surface area contributed by atoms with E-state index in [-0.39, 0.29) is 5.56 Å². The lowest BCUT2D eigenvalue weighted by atomic mass is 10.0. The number of carbonyl (C=O) groups is 1. The Labute approximate surface area is 164 Å². The average molecular weight is 421 g/mol. The topological polar surface area (TPSA) is 66.2 Å². The Hall–Kier alpha value is -2.92. The van der Waals surface area contributed by atoms with Gasteiger partial charge < -0.3 is 14.3 Å². The number of fused-ring (bicyclic) bond motifs is 1. The number of carboxylic acids is 1. The molecule has 0 fully saturated rings. The van der Waals surface area contributed by atoms with Crippen LogP contribution in [0.4, 0.5) is 0 Å². The fraction of sp³-hybridized carbons (Fsp3) is 0.0909. The number of pyridine rings is 1. The summed E-state index contributed by atoms with van der Waals surface area (Å²) >= 11 is 3.51. The Morgan fingerprint density at radius 3 is 2.59 bits per heavy atom. The second kappa shape index (κ2) is 7.00. The van der Waals surface area contributed by atoms with Gasteiger partial charge in [-0.25, -0.2) is 4.98 Å². The number of nitrogens with zero attached hydrogens (tertiary/aromatic N) is 1. The molecule has 0 saturated heterocycles. The van der Waals surface area contributed by atoms with Gasteiger partial charge in [-0.1, -0.05) is 47.1 Å². The molecule has 0 atom stereocenters. The highest BCUT2D eigenvalue weighted by atomic mass is 79.9. The van der Waals surface area contributed by atoms with Gasteiger partial charge in [-0.2, -0.15) is 0 Å². The number of hydrogen-bond donors (Lipinski definition) is 0. The Morgan fingerprint density at radius 1 is 1.07 bits per heavy atom. The summed E-state index contributed by atoms with van der Waals surface area (Å²) in [7, 11) is 0. The third-order valence-corrected chi connectivity index (χ3v) is 5.19. The van der Waals surface area contributed by atoms with Crippen LogP contribution in [-0.4, -0.2) is 11.0 Å². The molecule has 0 aliphatic heterocycles. The molecule has 0 radical (unpaired) electrons. The van der Waals surface area contributed by atoms with Crippen molar-refractivity contribution < 1.29 is 14.3 Å². The predicted octanol–water partition coefficient (Wildman–Crippen LogP) is 4.85. The quantitative estimate of drug-likeness (QED) is 0.473. The smallest absolute Gasteiger partial charge is 0.153 e. The van der Waals surface area contributed by atoms with Gasteiger partial charge in [-0.15, -0.1) is 0 Å². The minimum atomic E-state index is -1.23. The first kappa shape index (κ1) is 17.5. The first-order chi connectivity index (χ1) is 13.1. The molecule has 0 bridgehead atoms. The number of aryl methyl sites for hydroxylation is 1. The molecular weight excluding hydrogens is 406 g/mol. The normalized spacial score (nSPS) is 11.0. The van der Waals surface area contributed by atoms with Gasteiger partial charge in [0.1, 0.15) is 11.5 Å². The van der Waals surface area contributed by atoms with E-state index in [0.29, 0.717) is 28.1 Å². The highest BCUT2D eigenvalue weighted by Gasteiger charge is 2.14. The van der Waals surface area contributed by atoms with Gasteiger partial charge in [0.15, 0.2) is 5.76 Å². The highest BCUT2D eigenvalue weighted by Crippen LogP contribution is 2.33. The van der Waals surface area contributed by atoms with E-state index >= 15 is 0 Å². The van der Waals surface area contributed by atoms with Crippen LogP contribution in [0.5, 0.6) is 0 Å². The van der Waals surface area contributed by atoms with E-state index in [2.05, 4.69) is 20.9 Å². The summed E-state index contributed by atoms with van der Waals surface area (Å²) < 4.78 is 6.88. The van der Waals surface area contributed by atoms with Gasteiger partial charge in [-0.3, -0.25) is 0 Å². The molecule has 2 heterocycles.